The minimum atomic E-state index is 0.0842. The zero-order valence-electron chi connectivity index (χ0n) is 11.2. The van der Waals surface area contributed by atoms with Crippen molar-refractivity contribution in [2.24, 2.45) is 0 Å². The molecule has 2 heteroatoms. The van der Waals surface area contributed by atoms with Crippen LogP contribution in [0.25, 0.3) is 5.57 Å². The van der Waals surface area contributed by atoms with Crippen molar-refractivity contribution in [3.8, 4) is 0 Å². The molecule has 1 aromatic rings. The van der Waals surface area contributed by atoms with E-state index in [1.54, 1.807) is 0 Å². The fraction of sp³-hybridized carbons (Fsp3) is 0.438. The summed E-state index contributed by atoms with van der Waals surface area (Å²) in [6.07, 6.45) is 3.40. The third-order valence-electron chi connectivity index (χ3n) is 3.81. The molecule has 96 valence electrons. The highest BCUT2D eigenvalue weighted by Gasteiger charge is 2.30. The standard InChI is InChI=1S/C16H21NO/c1-12-8-7-9-13(2)17(12)16(18)14(3)15-10-5-4-6-11-15/h4-6,10-13H,3,7-9H2,1-2H3. The number of amides is 1. The average molecular weight is 243 g/mol. The van der Waals surface area contributed by atoms with Gasteiger partial charge >= 0.3 is 0 Å². The predicted octanol–water partition coefficient (Wildman–Crippen LogP) is 3.49. The summed E-state index contributed by atoms with van der Waals surface area (Å²) >= 11 is 0. The summed E-state index contributed by atoms with van der Waals surface area (Å²) < 4.78 is 0. The molecule has 0 saturated carbocycles. The lowest BCUT2D eigenvalue weighted by Gasteiger charge is -2.39. The Morgan fingerprint density at radius 2 is 1.72 bits per heavy atom. The van der Waals surface area contributed by atoms with E-state index in [-0.39, 0.29) is 5.91 Å². The molecule has 1 heterocycles. The Bertz CT molecular complexity index is 428. The number of piperidine rings is 1. The number of nitrogens with zero attached hydrogens (tertiary/aromatic N) is 1. The van der Waals surface area contributed by atoms with Crippen molar-refractivity contribution in [2.75, 3.05) is 0 Å². The molecule has 18 heavy (non-hydrogen) atoms. The van der Waals surface area contributed by atoms with E-state index in [4.69, 9.17) is 0 Å². The van der Waals surface area contributed by atoms with Crippen LogP contribution in [0.4, 0.5) is 0 Å². The van der Waals surface area contributed by atoms with Gasteiger partial charge in [0, 0.05) is 17.7 Å². The summed E-state index contributed by atoms with van der Waals surface area (Å²) in [5, 5.41) is 0. The Labute approximate surface area is 109 Å². The van der Waals surface area contributed by atoms with Crippen molar-refractivity contribution in [1.82, 2.24) is 4.90 Å². The molecule has 1 fully saturated rings. The maximum Gasteiger partial charge on any atom is 0.254 e. The van der Waals surface area contributed by atoms with Crippen molar-refractivity contribution in [3.05, 3.63) is 42.5 Å². The first-order valence-corrected chi connectivity index (χ1v) is 6.68. The smallest absolute Gasteiger partial charge is 0.254 e. The summed E-state index contributed by atoms with van der Waals surface area (Å²) in [6, 6.07) is 10.4. The van der Waals surface area contributed by atoms with Gasteiger partial charge in [-0.15, -0.1) is 0 Å². The van der Waals surface area contributed by atoms with E-state index in [0.29, 0.717) is 17.7 Å². The van der Waals surface area contributed by atoms with Crippen molar-refractivity contribution in [2.45, 2.75) is 45.2 Å². The summed E-state index contributed by atoms with van der Waals surface area (Å²) in [4.78, 5) is 14.5. The maximum absolute atomic E-state index is 12.5. The number of benzene rings is 1. The van der Waals surface area contributed by atoms with Crippen LogP contribution in [0.2, 0.25) is 0 Å². The molecule has 2 atom stereocenters. The SMILES string of the molecule is C=C(C(=O)N1C(C)CCCC1C)c1ccccc1. The van der Waals surface area contributed by atoms with Crippen LogP contribution < -0.4 is 0 Å². The van der Waals surface area contributed by atoms with Gasteiger partial charge in [-0.1, -0.05) is 36.9 Å². The van der Waals surface area contributed by atoms with Crippen LogP contribution in [0.3, 0.4) is 0 Å². The van der Waals surface area contributed by atoms with Crippen LogP contribution in [-0.2, 0) is 4.79 Å². The number of carbonyl (C=O) groups is 1. The molecule has 1 aliphatic rings. The van der Waals surface area contributed by atoms with Gasteiger partial charge in [0.1, 0.15) is 0 Å². The minimum Gasteiger partial charge on any atom is -0.333 e. The van der Waals surface area contributed by atoms with Crippen LogP contribution in [0, 0.1) is 0 Å². The molecule has 0 radical (unpaired) electrons. The van der Waals surface area contributed by atoms with Gasteiger partial charge in [0.25, 0.3) is 5.91 Å². The summed E-state index contributed by atoms with van der Waals surface area (Å²) in [7, 11) is 0. The van der Waals surface area contributed by atoms with E-state index in [1.165, 1.54) is 6.42 Å². The first-order valence-electron chi connectivity index (χ1n) is 6.68. The Kier molecular flexibility index (Phi) is 3.85. The van der Waals surface area contributed by atoms with Gasteiger partial charge < -0.3 is 4.90 Å². The number of hydrogen-bond acceptors (Lipinski definition) is 1. The third kappa shape index (κ3) is 2.47. The fourth-order valence-electron chi connectivity index (χ4n) is 2.74. The zero-order valence-corrected chi connectivity index (χ0v) is 11.2. The topological polar surface area (TPSA) is 20.3 Å². The number of likely N-dealkylation sites (tertiary alicyclic amines) is 1. The molecular formula is C16H21NO. The minimum absolute atomic E-state index is 0.0842. The monoisotopic (exact) mass is 243 g/mol. The second-order valence-electron chi connectivity index (χ2n) is 5.19. The quantitative estimate of drug-likeness (QED) is 0.728. The van der Waals surface area contributed by atoms with Gasteiger partial charge in [-0.25, -0.2) is 0 Å². The molecule has 0 N–H and O–H groups in total. The molecular weight excluding hydrogens is 222 g/mol. The highest BCUT2D eigenvalue weighted by molar-refractivity contribution is 6.18. The predicted molar refractivity (Wildman–Crippen MR) is 75.1 cm³/mol. The number of hydrogen-bond donors (Lipinski definition) is 0. The lowest BCUT2D eigenvalue weighted by Crippen LogP contribution is -2.47. The molecule has 1 aliphatic heterocycles. The molecule has 0 aromatic heterocycles. The Hall–Kier alpha value is -1.57. The zero-order chi connectivity index (χ0) is 13.1. The van der Waals surface area contributed by atoms with E-state index in [2.05, 4.69) is 20.4 Å². The second kappa shape index (κ2) is 5.38. The van der Waals surface area contributed by atoms with Gasteiger partial charge in [0.2, 0.25) is 0 Å². The van der Waals surface area contributed by atoms with Crippen molar-refractivity contribution in [3.63, 3.8) is 0 Å². The van der Waals surface area contributed by atoms with Gasteiger partial charge in [-0.2, -0.15) is 0 Å². The largest absolute Gasteiger partial charge is 0.333 e. The van der Waals surface area contributed by atoms with Crippen LogP contribution in [0.5, 0.6) is 0 Å². The van der Waals surface area contributed by atoms with Crippen molar-refractivity contribution < 1.29 is 4.79 Å². The first kappa shape index (κ1) is 12.9. The lowest BCUT2D eigenvalue weighted by molar-refractivity contribution is -0.130. The molecule has 1 saturated heterocycles. The molecule has 0 bridgehead atoms. The molecule has 1 amide bonds. The van der Waals surface area contributed by atoms with E-state index in [9.17, 15) is 4.79 Å². The van der Waals surface area contributed by atoms with Crippen molar-refractivity contribution >= 4 is 11.5 Å². The Balaban J connectivity index is 2.18. The molecule has 2 rings (SSSR count). The summed E-state index contributed by atoms with van der Waals surface area (Å²) in [5.74, 6) is 0.0842. The summed E-state index contributed by atoms with van der Waals surface area (Å²) in [5.41, 5.74) is 1.53. The van der Waals surface area contributed by atoms with Gasteiger partial charge in [0.15, 0.2) is 0 Å². The molecule has 2 nitrogen and oxygen atoms in total. The van der Waals surface area contributed by atoms with Gasteiger partial charge in [-0.3, -0.25) is 4.79 Å². The van der Waals surface area contributed by atoms with Crippen LogP contribution in [-0.4, -0.2) is 22.9 Å². The van der Waals surface area contributed by atoms with E-state index in [0.717, 1.165) is 18.4 Å². The summed E-state index contributed by atoms with van der Waals surface area (Å²) in [6.45, 7) is 8.24. The Morgan fingerprint density at radius 3 is 2.28 bits per heavy atom. The molecule has 0 aliphatic carbocycles. The van der Waals surface area contributed by atoms with Gasteiger partial charge in [0.05, 0.1) is 0 Å². The second-order valence-corrected chi connectivity index (χ2v) is 5.19. The molecule has 0 spiro atoms. The Morgan fingerprint density at radius 1 is 1.17 bits per heavy atom. The fourth-order valence-corrected chi connectivity index (χ4v) is 2.74. The third-order valence-corrected chi connectivity index (χ3v) is 3.81. The highest BCUT2D eigenvalue weighted by atomic mass is 16.2. The number of rotatable bonds is 2. The van der Waals surface area contributed by atoms with Crippen molar-refractivity contribution in [1.29, 1.82) is 0 Å². The first-order chi connectivity index (χ1) is 8.61. The molecule has 1 aromatic carbocycles. The van der Waals surface area contributed by atoms with Crippen LogP contribution in [0.15, 0.2) is 36.9 Å². The molecule has 2 unspecified atom stereocenters. The highest BCUT2D eigenvalue weighted by Crippen LogP contribution is 2.26. The normalized spacial score (nSPS) is 23.8. The van der Waals surface area contributed by atoms with E-state index in [1.807, 2.05) is 35.2 Å². The van der Waals surface area contributed by atoms with Crippen LogP contribution >= 0.6 is 0 Å². The van der Waals surface area contributed by atoms with E-state index < -0.39 is 0 Å². The lowest BCUT2D eigenvalue weighted by atomic mass is 9.95. The van der Waals surface area contributed by atoms with Gasteiger partial charge in [-0.05, 0) is 38.7 Å². The number of carbonyl (C=O) groups excluding carboxylic acids is 1. The average Bonchev–Trinajstić information content (AvgIpc) is 2.38. The van der Waals surface area contributed by atoms with E-state index >= 15 is 0 Å². The maximum atomic E-state index is 12.5. The van der Waals surface area contributed by atoms with Crippen LogP contribution in [0.1, 0.15) is 38.7 Å².